The quantitative estimate of drug-likeness (QED) is 0.507. The predicted octanol–water partition coefficient (Wildman–Crippen LogP) is 3.36. The second-order valence-electron chi connectivity index (χ2n) is 4.09. The Labute approximate surface area is 125 Å². The number of hydrogen-bond acceptors (Lipinski definition) is 2. The molecule has 19 heavy (non-hydrogen) atoms. The van der Waals surface area contributed by atoms with Crippen molar-refractivity contribution in [1.29, 1.82) is 0 Å². The molecular formula is C15H13IN2O. The van der Waals surface area contributed by atoms with Gasteiger partial charge in [0.05, 0.1) is 6.21 Å². The average molecular weight is 364 g/mol. The van der Waals surface area contributed by atoms with Gasteiger partial charge in [0.25, 0.3) is 5.91 Å². The number of nitrogens with zero attached hydrogens (tertiary/aromatic N) is 1. The van der Waals surface area contributed by atoms with Gasteiger partial charge in [-0.05, 0) is 47.7 Å². The van der Waals surface area contributed by atoms with E-state index in [1.165, 1.54) is 0 Å². The maximum Gasteiger partial charge on any atom is 0.271 e. The lowest BCUT2D eigenvalue weighted by atomic mass is 10.1. The van der Waals surface area contributed by atoms with E-state index in [1.807, 2.05) is 43.3 Å². The van der Waals surface area contributed by atoms with Gasteiger partial charge in [-0.15, -0.1) is 0 Å². The summed E-state index contributed by atoms with van der Waals surface area (Å²) < 4.78 is 1.09. The Hall–Kier alpha value is -1.69. The number of aryl methyl sites for hydroxylation is 1. The Kier molecular flexibility index (Phi) is 4.68. The van der Waals surface area contributed by atoms with Gasteiger partial charge in [-0.25, -0.2) is 5.43 Å². The smallest absolute Gasteiger partial charge is 0.267 e. The van der Waals surface area contributed by atoms with E-state index in [9.17, 15) is 4.79 Å². The third-order valence-corrected chi connectivity index (χ3v) is 3.57. The number of nitrogens with one attached hydrogen (secondary N) is 1. The molecule has 0 radical (unpaired) electrons. The molecule has 0 aliphatic heterocycles. The summed E-state index contributed by atoms with van der Waals surface area (Å²) in [6.07, 6.45) is 1.65. The van der Waals surface area contributed by atoms with Crippen LogP contribution < -0.4 is 5.43 Å². The first-order chi connectivity index (χ1) is 9.16. The zero-order valence-corrected chi connectivity index (χ0v) is 12.6. The SMILES string of the molecule is Cc1ccc(C(=O)N/N=C\c2ccccc2I)cc1. The lowest BCUT2D eigenvalue weighted by Gasteiger charge is -2.00. The van der Waals surface area contributed by atoms with Crippen LogP contribution in [0, 0.1) is 10.5 Å². The number of hydrogen-bond donors (Lipinski definition) is 1. The highest BCUT2D eigenvalue weighted by Crippen LogP contribution is 2.08. The van der Waals surface area contributed by atoms with Crippen molar-refractivity contribution in [2.24, 2.45) is 5.10 Å². The molecule has 0 saturated heterocycles. The maximum absolute atomic E-state index is 11.8. The monoisotopic (exact) mass is 364 g/mol. The van der Waals surface area contributed by atoms with Crippen LogP contribution in [0.1, 0.15) is 21.5 Å². The van der Waals surface area contributed by atoms with Crippen molar-refractivity contribution in [2.45, 2.75) is 6.92 Å². The van der Waals surface area contributed by atoms with Crippen molar-refractivity contribution in [3.63, 3.8) is 0 Å². The highest BCUT2D eigenvalue weighted by atomic mass is 127. The summed E-state index contributed by atoms with van der Waals surface area (Å²) in [4.78, 5) is 11.8. The summed E-state index contributed by atoms with van der Waals surface area (Å²) >= 11 is 2.23. The second kappa shape index (κ2) is 6.47. The summed E-state index contributed by atoms with van der Waals surface area (Å²) in [5, 5.41) is 3.97. The molecule has 0 fully saturated rings. The van der Waals surface area contributed by atoms with Crippen molar-refractivity contribution in [3.05, 3.63) is 68.8 Å². The molecule has 4 heteroatoms. The van der Waals surface area contributed by atoms with Gasteiger partial charge >= 0.3 is 0 Å². The van der Waals surface area contributed by atoms with E-state index in [1.54, 1.807) is 18.3 Å². The van der Waals surface area contributed by atoms with Crippen LogP contribution in [0.4, 0.5) is 0 Å². The molecule has 96 valence electrons. The normalized spacial score (nSPS) is 10.6. The first kappa shape index (κ1) is 13.7. The van der Waals surface area contributed by atoms with Gasteiger partial charge in [0.15, 0.2) is 0 Å². The van der Waals surface area contributed by atoms with Crippen molar-refractivity contribution >= 4 is 34.7 Å². The number of amides is 1. The van der Waals surface area contributed by atoms with Crippen LogP contribution in [0.3, 0.4) is 0 Å². The molecule has 0 spiro atoms. The fourth-order valence-electron chi connectivity index (χ4n) is 1.51. The zero-order chi connectivity index (χ0) is 13.7. The molecule has 1 N–H and O–H groups in total. The Morgan fingerprint density at radius 1 is 1.16 bits per heavy atom. The largest absolute Gasteiger partial charge is 0.271 e. The number of rotatable bonds is 3. The molecule has 2 aromatic carbocycles. The Balaban J connectivity index is 2.01. The topological polar surface area (TPSA) is 41.5 Å². The number of halogens is 1. The average Bonchev–Trinajstić information content (AvgIpc) is 2.41. The molecule has 0 bridgehead atoms. The lowest BCUT2D eigenvalue weighted by Crippen LogP contribution is -2.17. The Morgan fingerprint density at radius 2 is 1.84 bits per heavy atom. The molecule has 0 aromatic heterocycles. The summed E-state index contributed by atoms with van der Waals surface area (Å²) in [6, 6.07) is 15.2. The molecule has 0 aliphatic rings. The van der Waals surface area contributed by atoms with Crippen LogP contribution in [0.5, 0.6) is 0 Å². The highest BCUT2D eigenvalue weighted by Gasteiger charge is 2.02. The summed E-state index contributed by atoms with van der Waals surface area (Å²) in [5.41, 5.74) is 5.23. The minimum absolute atomic E-state index is 0.206. The van der Waals surface area contributed by atoms with Gasteiger partial charge in [-0.1, -0.05) is 35.9 Å². The molecule has 2 rings (SSSR count). The predicted molar refractivity (Wildman–Crippen MR) is 85.4 cm³/mol. The van der Waals surface area contributed by atoms with Crippen LogP contribution in [-0.2, 0) is 0 Å². The van der Waals surface area contributed by atoms with Gasteiger partial charge in [0.1, 0.15) is 0 Å². The van der Waals surface area contributed by atoms with E-state index in [-0.39, 0.29) is 5.91 Å². The fraction of sp³-hybridized carbons (Fsp3) is 0.0667. The van der Waals surface area contributed by atoms with E-state index >= 15 is 0 Å². The maximum atomic E-state index is 11.8. The van der Waals surface area contributed by atoms with Crippen molar-refractivity contribution in [1.82, 2.24) is 5.43 Å². The zero-order valence-electron chi connectivity index (χ0n) is 10.4. The van der Waals surface area contributed by atoms with Gasteiger partial charge in [-0.3, -0.25) is 4.79 Å². The van der Waals surface area contributed by atoms with Crippen LogP contribution >= 0.6 is 22.6 Å². The van der Waals surface area contributed by atoms with Gasteiger partial charge in [-0.2, -0.15) is 5.10 Å². The van der Waals surface area contributed by atoms with E-state index < -0.39 is 0 Å². The summed E-state index contributed by atoms with van der Waals surface area (Å²) in [5.74, 6) is -0.206. The molecule has 2 aromatic rings. The molecule has 0 saturated carbocycles. The summed E-state index contributed by atoms with van der Waals surface area (Å²) in [7, 11) is 0. The minimum Gasteiger partial charge on any atom is -0.267 e. The minimum atomic E-state index is -0.206. The fourth-order valence-corrected chi connectivity index (χ4v) is 2.04. The molecule has 0 heterocycles. The molecular weight excluding hydrogens is 351 g/mol. The van der Waals surface area contributed by atoms with Crippen LogP contribution in [0.2, 0.25) is 0 Å². The van der Waals surface area contributed by atoms with Gasteiger partial charge in [0, 0.05) is 14.7 Å². The molecule has 3 nitrogen and oxygen atoms in total. The lowest BCUT2D eigenvalue weighted by molar-refractivity contribution is 0.0955. The van der Waals surface area contributed by atoms with Crippen molar-refractivity contribution in [3.8, 4) is 0 Å². The van der Waals surface area contributed by atoms with Crippen LogP contribution in [0.25, 0.3) is 0 Å². The Bertz CT molecular complexity index is 606. The van der Waals surface area contributed by atoms with Crippen molar-refractivity contribution < 1.29 is 4.79 Å². The van der Waals surface area contributed by atoms with Gasteiger partial charge < -0.3 is 0 Å². The van der Waals surface area contributed by atoms with Crippen LogP contribution in [-0.4, -0.2) is 12.1 Å². The second-order valence-corrected chi connectivity index (χ2v) is 5.25. The van der Waals surface area contributed by atoms with Crippen molar-refractivity contribution in [2.75, 3.05) is 0 Å². The Morgan fingerprint density at radius 3 is 2.53 bits per heavy atom. The van der Waals surface area contributed by atoms with E-state index in [0.717, 1.165) is 14.7 Å². The highest BCUT2D eigenvalue weighted by molar-refractivity contribution is 14.1. The third-order valence-electron chi connectivity index (χ3n) is 2.59. The number of carbonyl (C=O) groups is 1. The standard InChI is InChI=1S/C15H13IN2O/c1-11-6-8-12(9-7-11)15(19)18-17-10-13-4-2-3-5-14(13)16/h2-10H,1H3,(H,18,19)/b17-10-. The molecule has 1 amide bonds. The molecule has 0 unspecified atom stereocenters. The van der Waals surface area contributed by atoms with E-state index in [2.05, 4.69) is 33.1 Å². The number of hydrazone groups is 1. The first-order valence-corrected chi connectivity index (χ1v) is 6.89. The first-order valence-electron chi connectivity index (χ1n) is 5.81. The van der Waals surface area contributed by atoms with Crippen LogP contribution in [0.15, 0.2) is 53.6 Å². The molecule has 0 atom stereocenters. The summed E-state index contributed by atoms with van der Waals surface area (Å²) in [6.45, 7) is 1.98. The van der Waals surface area contributed by atoms with E-state index in [0.29, 0.717) is 5.56 Å². The van der Waals surface area contributed by atoms with E-state index in [4.69, 9.17) is 0 Å². The number of carbonyl (C=O) groups excluding carboxylic acids is 1. The third kappa shape index (κ3) is 3.89. The number of benzene rings is 2. The molecule has 0 aliphatic carbocycles. The van der Waals surface area contributed by atoms with Gasteiger partial charge in [0.2, 0.25) is 0 Å².